The molecular weight excluding hydrogens is 260 g/mol. The smallest absolute Gasteiger partial charge is 0.407 e. The third kappa shape index (κ3) is 2.73. The van der Waals surface area contributed by atoms with E-state index in [1.165, 1.54) is 11.2 Å². The van der Waals surface area contributed by atoms with Crippen LogP contribution in [0.5, 0.6) is 5.75 Å². The highest BCUT2D eigenvalue weighted by Gasteiger charge is 2.23. The fraction of sp³-hybridized carbons (Fsp3) is 0.500. The third-order valence-electron chi connectivity index (χ3n) is 2.88. The predicted molar refractivity (Wildman–Crippen MR) is 64.9 cm³/mol. The zero-order chi connectivity index (χ0) is 13.1. The summed E-state index contributed by atoms with van der Waals surface area (Å²) in [5.41, 5.74) is 0. The molecule has 0 aromatic carbocycles. The van der Waals surface area contributed by atoms with Crippen molar-refractivity contribution in [1.82, 2.24) is 14.9 Å². The first-order chi connectivity index (χ1) is 8.58. The first-order valence-corrected chi connectivity index (χ1v) is 5.89. The standard InChI is InChI=1S/C10H13ClN4O3/c11-8-7(16)9(13-5-12-8)14-6-1-3-15(4-2-6)10(17)18/h5-6,16H,1-4H2,(H,17,18)(H,12,13,14). The minimum absolute atomic E-state index is 0.00419. The van der Waals surface area contributed by atoms with E-state index in [1.807, 2.05) is 0 Å². The van der Waals surface area contributed by atoms with Gasteiger partial charge in [-0.2, -0.15) is 0 Å². The van der Waals surface area contributed by atoms with E-state index in [9.17, 15) is 9.90 Å². The van der Waals surface area contributed by atoms with Gasteiger partial charge in [-0.05, 0) is 12.8 Å². The van der Waals surface area contributed by atoms with Crippen molar-refractivity contribution in [2.24, 2.45) is 0 Å². The Bertz CT molecular complexity index is 449. The van der Waals surface area contributed by atoms with Gasteiger partial charge in [0, 0.05) is 19.1 Å². The van der Waals surface area contributed by atoms with Gasteiger partial charge in [0.15, 0.2) is 16.7 Å². The fourth-order valence-electron chi connectivity index (χ4n) is 1.87. The van der Waals surface area contributed by atoms with Crippen LogP contribution in [0.4, 0.5) is 10.6 Å². The van der Waals surface area contributed by atoms with E-state index in [1.54, 1.807) is 0 Å². The second kappa shape index (κ2) is 5.26. The zero-order valence-electron chi connectivity index (χ0n) is 9.51. The average molecular weight is 273 g/mol. The Morgan fingerprint density at radius 2 is 2.11 bits per heavy atom. The molecule has 0 bridgehead atoms. The molecule has 3 N–H and O–H groups in total. The number of carboxylic acid groups (broad SMARTS) is 1. The summed E-state index contributed by atoms with van der Waals surface area (Å²) in [6.45, 7) is 0.930. The van der Waals surface area contributed by atoms with E-state index in [0.717, 1.165) is 0 Å². The van der Waals surface area contributed by atoms with Crippen molar-refractivity contribution < 1.29 is 15.0 Å². The lowest BCUT2D eigenvalue weighted by molar-refractivity contribution is 0.133. The van der Waals surface area contributed by atoms with E-state index in [-0.39, 0.29) is 22.8 Å². The van der Waals surface area contributed by atoms with Gasteiger partial charge >= 0.3 is 6.09 Å². The van der Waals surface area contributed by atoms with E-state index in [0.29, 0.717) is 25.9 Å². The Labute approximate surface area is 108 Å². The van der Waals surface area contributed by atoms with Gasteiger partial charge in [-0.3, -0.25) is 0 Å². The van der Waals surface area contributed by atoms with Crippen LogP contribution in [0.1, 0.15) is 12.8 Å². The molecule has 0 radical (unpaired) electrons. The number of rotatable bonds is 2. The number of likely N-dealkylation sites (tertiary alicyclic amines) is 1. The Morgan fingerprint density at radius 1 is 1.44 bits per heavy atom. The molecule has 2 rings (SSSR count). The number of aromatic nitrogens is 2. The SMILES string of the molecule is O=C(O)N1CCC(Nc2ncnc(Cl)c2O)CC1. The predicted octanol–water partition coefficient (Wildman–Crippen LogP) is 1.39. The number of halogens is 1. The quantitative estimate of drug-likeness (QED) is 0.704. The summed E-state index contributed by atoms with van der Waals surface area (Å²) < 4.78 is 0. The molecule has 0 unspecified atom stereocenters. The molecule has 1 aliphatic rings. The first-order valence-electron chi connectivity index (χ1n) is 5.52. The maximum atomic E-state index is 10.7. The van der Waals surface area contributed by atoms with Gasteiger partial charge in [-0.1, -0.05) is 11.6 Å². The van der Waals surface area contributed by atoms with E-state index >= 15 is 0 Å². The number of anilines is 1. The zero-order valence-corrected chi connectivity index (χ0v) is 10.3. The number of aromatic hydroxyl groups is 1. The molecule has 0 spiro atoms. The van der Waals surface area contributed by atoms with Crippen molar-refractivity contribution in [3.8, 4) is 5.75 Å². The fourth-order valence-corrected chi connectivity index (χ4v) is 2.00. The minimum atomic E-state index is -0.902. The Morgan fingerprint density at radius 3 is 2.72 bits per heavy atom. The van der Waals surface area contributed by atoms with Crippen molar-refractivity contribution in [1.29, 1.82) is 0 Å². The lowest BCUT2D eigenvalue weighted by Crippen LogP contribution is -2.41. The molecule has 1 aromatic rings. The van der Waals surface area contributed by atoms with E-state index < -0.39 is 6.09 Å². The monoisotopic (exact) mass is 272 g/mol. The highest BCUT2D eigenvalue weighted by atomic mass is 35.5. The number of hydrogen-bond acceptors (Lipinski definition) is 5. The molecule has 1 amide bonds. The van der Waals surface area contributed by atoms with Gasteiger partial charge in [-0.25, -0.2) is 14.8 Å². The molecule has 2 heterocycles. The summed E-state index contributed by atoms with van der Waals surface area (Å²) in [5.74, 6) is 0.101. The van der Waals surface area contributed by atoms with Gasteiger partial charge in [0.2, 0.25) is 0 Å². The van der Waals surface area contributed by atoms with Crippen molar-refractivity contribution in [3.05, 3.63) is 11.5 Å². The van der Waals surface area contributed by atoms with Crippen molar-refractivity contribution in [2.45, 2.75) is 18.9 Å². The lowest BCUT2D eigenvalue weighted by atomic mass is 10.1. The molecule has 7 nitrogen and oxygen atoms in total. The number of nitrogens with zero attached hydrogens (tertiary/aromatic N) is 3. The minimum Gasteiger partial charge on any atom is -0.502 e. The van der Waals surface area contributed by atoms with Crippen molar-refractivity contribution in [3.63, 3.8) is 0 Å². The molecule has 1 saturated heterocycles. The van der Waals surface area contributed by atoms with E-state index in [2.05, 4.69) is 15.3 Å². The molecule has 1 aliphatic heterocycles. The van der Waals surface area contributed by atoms with Crippen LogP contribution >= 0.6 is 11.6 Å². The largest absolute Gasteiger partial charge is 0.502 e. The molecule has 98 valence electrons. The highest BCUT2D eigenvalue weighted by molar-refractivity contribution is 6.31. The highest BCUT2D eigenvalue weighted by Crippen LogP contribution is 2.28. The van der Waals surface area contributed by atoms with Crippen LogP contribution in [0.25, 0.3) is 0 Å². The second-order valence-electron chi connectivity index (χ2n) is 4.05. The van der Waals surface area contributed by atoms with Crippen LogP contribution in [-0.2, 0) is 0 Å². The van der Waals surface area contributed by atoms with Gasteiger partial charge in [-0.15, -0.1) is 0 Å². The molecule has 1 fully saturated rings. The summed E-state index contributed by atoms with van der Waals surface area (Å²) in [6.07, 6.45) is 1.68. The van der Waals surface area contributed by atoms with Gasteiger partial charge in [0.05, 0.1) is 0 Å². The van der Waals surface area contributed by atoms with Crippen LogP contribution in [0.15, 0.2) is 6.33 Å². The molecule has 0 aliphatic carbocycles. The Hall–Kier alpha value is -1.76. The topological polar surface area (TPSA) is 98.6 Å². The molecular formula is C10H13ClN4O3. The van der Waals surface area contributed by atoms with Gasteiger partial charge in [0.1, 0.15) is 6.33 Å². The molecule has 1 aromatic heterocycles. The number of carbonyl (C=O) groups is 1. The Kier molecular flexibility index (Phi) is 3.71. The third-order valence-corrected chi connectivity index (χ3v) is 3.16. The number of amides is 1. The van der Waals surface area contributed by atoms with E-state index in [4.69, 9.17) is 16.7 Å². The molecule has 0 saturated carbocycles. The van der Waals surface area contributed by atoms with Crippen LogP contribution in [-0.4, -0.2) is 50.3 Å². The first kappa shape index (κ1) is 12.7. The normalized spacial score (nSPS) is 16.6. The summed E-state index contributed by atoms with van der Waals surface area (Å²) >= 11 is 5.67. The molecule has 18 heavy (non-hydrogen) atoms. The summed E-state index contributed by atoms with van der Waals surface area (Å²) in [7, 11) is 0. The number of piperidine rings is 1. The molecule has 0 atom stereocenters. The summed E-state index contributed by atoms with van der Waals surface area (Å²) in [5, 5.41) is 21.5. The van der Waals surface area contributed by atoms with Crippen molar-refractivity contribution >= 4 is 23.5 Å². The number of hydrogen-bond donors (Lipinski definition) is 3. The van der Waals surface area contributed by atoms with Gasteiger partial charge < -0.3 is 20.4 Å². The maximum absolute atomic E-state index is 10.7. The molecule has 8 heteroatoms. The van der Waals surface area contributed by atoms with Crippen LogP contribution in [0, 0.1) is 0 Å². The lowest BCUT2D eigenvalue weighted by Gasteiger charge is -2.30. The van der Waals surface area contributed by atoms with Crippen LogP contribution < -0.4 is 5.32 Å². The average Bonchev–Trinajstić information content (AvgIpc) is 2.36. The summed E-state index contributed by atoms with van der Waals surface area (Å²) in [6, 6.07) is 0.0671. The summed E-state index contributed by atoms with van der Waals surface area (Å²) in [4.78, 5) is 19.7. The van der Waals surface area contributed by atoms with Gasteiger partial charge in [0.25, 0.3) is 0 Å². The van der Waals surface area contributed by atoms with Crippen LogP contribution in [0.2, 0.25) is 5.15 Å². The van der Waals surface area contributed by atoms with Crippen molar-refractivity contribution in [2.75, 3.05) is 18.4 Å². The maximum Gasteiger partial charge on any atom is 0.407 e. The number of nitrogens with one attached hydrogen (secondary N) is 1. The van der Waals surface area contributed by atoms with Crippen LogP contribution in [0.3, 0.4) is 0 Å². The Balaban J connectivity index is 1.96. The second-order valence-corrected chi connectivity index (χ2v) is 4.41.